The number of likely N-dealkylation sites (tertiary alicyclic amines) is 1. The van der Waals surface area contributed by atoms with E-state index in [1.54, 1.807) is 0 Å². The first-order valence-corrected chi connectivity index (χ1v) is 9.20. The zero-order valence-electron chi connectivity index (χ0n) is 15.5. The molecule has 2 rings (SSSR count). The van der Waals surface area contributed by atoms with Gasteiger partial charge >= 0.3 is 0 Å². The molecule has 1 amide bonds. The highest BCUT2D eigenvalue weighted by Gasteiger charge is 2.23. The largest absolute Gasteiger partial charge is 0.494 e. The maximum Gasteiger partial charge on any atom is 0.222 e. The van der Waals surface area contributed by atoms with E-state index in [0.717, 1.165) is 57.6 Å². The third-order valence-electron chi connectivity index (χ3n) is 4.84. The fourth-order valence-corrected chi connectivity index (χ4v) is 3.24. The quantitative estimate of drug-likeness (QED) is 0.683. The monoisotopic (exact) mass is 332 g/mol. The summed E-state index contributed by atoms with van der Waals surface area (Å²) >= 11 is 0. The molecule has 1 aliphatic heterocycles. The molecule has 1 aromatic carbocycles. The van der Waals surface area contributed by atoms with Gasteiger partial charge in [0.05, 0.1) is 6.61 Å². The molecule has 1 aromatic rings. The van der Waals surface area contributed by atoms with Crippen molar-refractivity contribution in [2.24, 2.45) is 0 Å². The number of rotatable bonds is 8. The predicted molar refractivity (Wildman–Crippen MR) is 98.4 cm³/mol. The Morgan fingerprint density at radius 2 is 1.96 bits per heavy atom. The van der Waals surface area contributed by atoms with Crippen LogP contribution in [0.25, 0.3) is 0 Å². The Kier molecular flexibility index (Phi) is 7.57. The van der Waals surface area contributed by atoms with Gasteiger partial charge in [0.2, 0.25) is 5.91 Å². The molecule has 134 valence electrons. The number of nitrogens with zero attached hydrogens (tertiary/aromatic N) is 2. The second-order valence-electron chi connectivity index (χ2n) is 7.05. The van der Waals surface area contributed by atoms with E-state index in [-0.39, 0.29) is 0 Å². The van der Waals surface area contributed by atoms with Gasteiger partial charge < -0.3 is 14.5 Å². The summed E-state index contributed by atoms with van der Waals surface area (Å²) in [7, 11) is 4.25. The number of hydrogen-bond acceptors (Lipinski definition) is 3. The van der Waals surface area contributed by atoms with E-state index in [4.69, 9.17) is 4.74 Å². The first kappa shape index (κ1) is 18.8. The topological polar surface area (TPSA) is 32.8 Å². The first-order valence-electron chi connectivity index (χ1n) is 9.20. The minimum absolute atomic E-state index is 0.326. The minimum Gasteiger partial charge on any atom is -0.494 e. The zero-order valence-corrected chi connectivity index (χ0v) is 15.5. The van der Waals surface area contributed by atoms with Gasteiger partial charge in [-0.15, -0.1) is 0 Å². The van der Waals surface area contributed by atoms with Crippen molar-refractivity contribution < 1.29 is 9.53 Å². The SMILES string of the molecule is Cc1cccc(OCCCCCC(=O)N2CCC(N(C)C)CC2)c1. The lowest BCUT2D eigenvalue weighted by Crippen LogP contribution is -2.44. The van der Waals surface area contributed by atoms with E-state index in [9.17, 15) is 4.79 Å². The third kappa shape index (κ3) is 6.16. The molecule has 1 saturated heterocycles. The van der Waals surface area contributed by atoms with E-state index in [0.29, 0.717) is 18.4 Å². The van der Waals surface area contributed by atoms with Crippen LogP contribution in [-0.2, 0) is 4.79 Å². The summed E-state index contributed by atoms with van der Waals surface area (Å²) < 4.78 is 5.74. The van der Waals surface area contributed by atoms with Crippen molar-refractivity contribution in [2.75, 3.05) is 33.8 Å². The Morgan fingerprint density at radius 3 is 2.62 bits per heavy atom. The second kappa shape index (κ2) is 9.67. The number of benzene rings is 1. The van der Waals surface area contributed by atoms with E-state index in [1.165, 1.54) is 5.56 Å². The molecule has 0 bridgehead atoms. The maximum absolute atomic E-state index is 12.2. The number of ether oxygens (including phenoxy) is 1. The molecule has 1 heterocycles. The molecule has 0 radical (unpaired) electrons. The zero-order chi connectivity index (χ0) is 17.4. The van der Waals surface area contributed by atoms with Crippen LogP contribution in [0, 0.1) is 6.92 Å². The third-order valence-corrected chi connectivity index (χ3v) is 4.84. The standard InChI is InChI=1S/C20H32N2O2/c1-17-8-7-9-19(16-17)24-15-6-4-5-10-20(23)22-13-11-18(12-14-22)21(2)3/h7-9,16,18H,4-6,10-15H2,1-3H3. The molecule has 4 heteroatoms. The van der Waals surface area contributed by atoms with Crippen LogP contribution in [0.1, 0.15) is 44.1 Å². The van der Waals surface area contributed by atoms with Crippen molar-refractivity contribution in [3.8, 4) is 5.75 Å². The van der Waals surface area contributed by atoms with Gasteiger partial charge in [0, 0.05) is 25.6 Å². The summed E-state index contributed by atoms with van der Waals surface area (Å²) in [6, 6.07) is 8.77. The average molecular weight is 332 g/mol. The van der Waals surface area contributed by atoms with Gasteiger partial charge in [-0.05, 0) is 70.8 Å². The molecular weight excluding hydrogens is 300 g/mol. The Labute approximate surface area is 146 Å². The van der Waals surface area contributed by atoms with Gasteiger partial charge in [0.15, 0.2) is 0 Å². The van der Waals surface area contributed by atoms with Crippen LogP contribution in [0.5, 0.6) is 5.75 Å². The van der Waals surface area contributed by atoms with Crippen LogP contribution < -0.4 is 4.74 Å². The number of amides is 1. The number of unbranched alkanes of at least 4 members (excludes halogenated alkanes) is 2. The summed E-state index contributed by atoms with van der Waals surface area (Å²) in [5.74, 6) is 1.27. The number of carbonyl (C=O) groups is 1. The lowest BCUT2D eigenvalue weighted by atomic mass is 10.0. The van der Waals surface area contributed by atoms with Crippen molar-refractivity contribution in [2.45, 2.75) is 51.5 Å². The molecular formula is C20H32N2O2. The average Bonchev–Trinajstić information content (AvgIpc) is 2.58. The fraction of sp³-hybridized carbons (Fsp3) is 0.650. The second-order valence-corrected chi connectivity index (χ2v) is 7.05. The highest BCUT2D eigenvalue weighted by atomic mass is 16.5. The van der Waals surface area contributed by atoms with Crippen LogP contribution in [0.2, 0.25) is 0 Å². The fourth-order valence-electron chi connectivity index (χ4n) is 3.24. The van der Waals surface area contributed by atoms with E-state index in [1.807, 2.05) is 17.0 Å². The Hall–Kier alpha value is -1.55. The molecule has 1 fully saturated rings. The van der Waals surface area contributed by atoms with Gasteiger partial charge in [-0.25, -0.2) is 0 Å². The number of aryl methyl sites for hydroxylation is 1. The summed E-state index contributed by atoms with van der Waals surface area (Å²) in [4.78, 5) is 16.6. The molecule has 0 aromatic heterocycles. The maximum atomic E-state index is 12.2. The molecule has 0 spiro atoms. The molecule has 0 N–H and O–H groups in total. The van der Waals surface area contributed by atoms with Crippen LogP contribution in [0.3, 0.4) is 0 Å². The summed E-state index contributed by atoms with van der Waals surface area (Å²) in [5, 5.41) is 0. The van der Waals surface area contributed by atoms with Gasteiger partial charge in [0.1, 0.15) is 5.75 Å². The number of hydrogen-bond donors (Lipinski definition) is 0. The Bertz CT molecular complexity index is 508. The smallest absolute Gasteiger partial charge is 0.222 e. The van der Waals surface area contributed by atoms with Gasteiger partial charge in [-0.2, -0.15) is 0 Å². The first-order chi connectivity index (χ1) is 11.6. The van der Waals surface area contributed by atoms with Gasteiger partial charge in [-0.3, -0.25) is 4.79 Å². The summed E-state index contributed by atoms with van der Waals surface area (Å²) in [6.07, 6.45) is 5.89. The van der Waals surface area contributed by atoms with Crippen LogP contribution in [-0.4, -0.2) is 55.5 Å². The number of piperidine rings is 1. The van der Waals surface area contributed by atoms with Gasteiger partial charge in [-0.1, -0.05) is 12.1 Å². The molecule has 0 unspecified atom stereocenters. The van der Waals surface area contributed by atoms with Crippen molar-refractivity contribution >= 4 is 5.91 Å². The lowest BCUT2D eigenvalue weighted by molar-refractivity contribution is -0.132. The number of carbonyl (C=O) groups excluding carboxylic acids is 1. The summed E-state index contributed by atoms with van der Waals surface area (Å²) in [5.41, 5.74) is 1.22. The minimum atomic E-state index is 0.326. The molecule has 0 saturated carbocycles. The van der Waals surface area contributed by atoms with Gasteiger partial charge in [0.25, 0.3) is 0 Å². The van der Waals surface area contributed by atoms with Crippen LogP contribution >= 0.6 is 0 Å². The Balaban J connectivity index is 1.54. The highest BCUT2D eigenvalue weighted by molar-refractivity contribution is 5.76. The van der Waals surface area contributed by atoms with E-state index < -0.39 is 0 Å². The highest BCUT2D eigenvalue weighted by Crippen LogP contribution is 2.16. The van der Waals surface area contributed by atoms with E-state index >= 15 is 0 Å². The summed E-state index contributed by atoms with van der Waals surface area (Å²) in [6.45, 7) is 4.63. The van der Waals surface area contributed by atoms with Crippen LogP contribution in [0.15, 0.2) is 24.3 Å². The normalized spacial score (nSPS) is 15.8. The molecule has 0 aliphatic carbocycles. The molecule has 1 aliphatic rings. The van der Waals surface area contributed by atoms with Crippen molar-refractivity contribution in [1.29, 1.82) is 0 Å². The molecule has 24 heavy (non-hydrogen) atoms. The predicted octanol–water partition coefficient (Wildman–Crippen LogP) is 3.49. The van der Waals surface area contributed by atoms with E-state index in [2.05, 4.69) is 38.1 Å². The lowest BCUT2D eigenvalue weighted by Gasteiger charge is -2.35. The van der Waals surface area contributed by atoms with Crippen molar-refractivity contribution in [3.05, 3.63) is 29.8 Å². The molecule has 0 atom stereocenters. The van der Waals surface area contributed by atoms with Crippen LogP contribution in [0.4, 0.5) is 0 Å². The van der Waals surface area contributed by atoms with Crippen molar-refractivity contribution in [3.63, 3.8) is 0 Å². The Morgan fingerprint density at radius 1 is 1.21 bits per heavy atom. The van der Waals surface area contributed by atoms with Crippen molar-refractivity contribution in [1.82, 2.24) is 9.80 Å². The molecule has 4 nitrogen and oxygen atoms in total.